The van der Waals surface area contributed by atoms with Gasteiger partial charge in [-0.15, -0.1) is 0 Å². The summed E-state index contributed by atoms with van der Waals surface area (Å²) in [4.78, 5) is 18.2. The van der Waals surface area contributed by atoms with Gasteiger partial charge in [-0.05, 0) is 87.5 Å². The van der Waals surface area contributed by atoms with Crippen LogP contribution in [0.1, 0.15) is 37.7 Å². The molecule has 2 aromatic carbocycles. The van der Waals surface area contributed by atoms with Crippen molar-refractivity contribution in [2.24, 2.45) is 5.92 Å². The Morgan fingerprint density at radius 1 is 1.03 bits per heavy atom. The van der Waals surface area contributed by atoms with Crippen LogP contribution in [0.25, 0.3) is 0 Å². The van der Waals surface area contributed by atoms with E-state index in [0.717, 1.165) is 80.4 Å². The lowest BCUT2D eigenvalue weighted by molar-refractivity contribution is -0.125. The predicted molar refractivity (Wildman–Crippen MR) is 144 cm³/mol. The molecule has 37 heavy (non-hydrogen) atoms. The number of anilines is 1. The average molecular weight is 526 g/mol. The van der Waals surface area contributed by atoms with E-state index in [1.807, 2.05) is 18.2 Å². The van der Waals surface area contributed by atoms with Crippen LogP contribution in [0.3, 0.4) is 0 Å². The monoisotopic (exact) mass is 525 g/mol. The van der Waals surface area contributed by atoms with Gasteiger partial charge < -0.3 is 29.3 Å². The van der Waals surface area contributed by atoms with Gasteiger partial charge in [-0.1, -0.05) is 17.7 Å². The van der Waals surface area contributed by atoms with E-state index in [4.69, 9.17) is 25.8 Å². The zero-order valence-electron chi connectivity index (χ0n) is 21.3. The van der Waals surface area contributed by atoms with E-state index in [1.54, 1.807) is 0 Å². The second-order valence-electron chi connectivity index (χ2n) is 10.8. The maximum absolute atomic E-state index is 13.4. The van der Waals surface area contributed by atoms with Crippen molar-refractivity contribution < 1.29 is 19.0 Å². The van der Waals surface area contributed by atoms with Crippen LogP contribution in [-0.2, 0) is 11.2 Å². The fourth-order valence-corrected chi connectivity index (χ4v) is 5.83. The molecule has 3 aliphatic heterocycles. The molecule has 7 nitrogen and oxygen atoms in total. The Balaban J connectivity index is 1.09. The summed E-state index contributed by atoms with van der Waals surface area (Å²) in [6.45, 7) is 5.78. The number of hydrogen-bond acceptors (Lipinski definition) is 6. The van der Waals surface area contributed by atoms with Crippen molar-refractivity contribution in [2.75, 3.05) is 50.8 Å². The highest BCUT2D eigenvalue weighted by molar-refractivity contribution is 6.32. The van der Waals surface area contributed by atoms with Crippen LogP contribution < -0.4 is 24.4 Å². The summed E-state index contributed by atoms with van der Waals surface area (Å²) in [7, 11) is 0. The standard InChI is InChI=1S/C29H36ClN3O4/c30-25-17-23(4-8-26(25)37-24-5-6-24)33-12-9-21(18-33)29(34)31-22(19-32-10-1-2-11-32)15-20-3-7-27-28(16-20)36-14-13-35-27/h3-4,7-8,16-17,21-22,24H,1-2,5-6,9-15,18-19H2,(H,31,34)/t21-,22?/m1/s1. The van der Waals surface area contributed by atoms with Gasteiger partial charge >= 0.3 is 0 Å². The van der Waals surface area contributed by atoms with Crippen LogP contribution in [0.15, 0.2) is 36.4 Å². The molecule has 2 aromatic rings. The molecule has 0 radical (unpaired) electrons. The van der Waals surface area contributed by atoms with E-state index in [2.05, 4.69) is 33.3 Å². The van der Waals surface area contributed by atoms with E-state index in [1.165, 1.54) is 12.8 Å². The molecule has 3 heterocycles. The van der Waals surface area contributed by atoms with Gasteiger partial charge in [0.25, 0.3) is 0 Å². The van der Waals surface area contributed by atoms with Crippen LogP contribution in [0.4, 0.5) is 5.69 Å². The molecular weight excluding hydrogens is 490 g/mol. The van der Waals surface area contributed by atoms with Gasteiger partial charge in [0.15, 0.2) is 11.5 Å². The molecule has 198 valence electrons. The van der Waals surface area contributed by atoms with Crippen LogP contribution in [-0.4, -0.2) is 68.9 Å². The van der Waals surface area contributed by atoms with Crippen molar-refractivity contribution in [2.45, 2.75) is 50.7 Å². The lowest BCUT2D eigenvalue weighted by Gasteiger charge is -2.27. The molecule has 6 rings (SSSR count). The van der Waals surface area contributed by atoms with Gasteiger partial charge in [-0.2, -0.15) is 0 Å². The van der Waals surface area contributed by atoms with Crippen molar-refractivity contribution in [3.05, 3.63) is 47.0 Å². The zero-order chi connectivity index (χ0) is 25.2. The largest absolute Gasteiger partial charge is 0.489 e. The summed E-state index contributed by atoms with van der Waals surface area (Å²) in [5.41, 5.74) is 2.21. The number of likely N-dealkylation sites (tertiary alicyclic amines) is 1. The molecule has 1 aliphatic carbocycles. The third kappa shape index (κ3) is 6.10. The molecular formula is C29H36ClN3O4. The smallest absolute Gasteiger partial charge is 0.225 e. The Hall–Kier alpha value is -2.64. The van der Waals surface area contributed by atoms with Gasteiger partial charge in [0.2, 0.25) is 5.91 Å². The number of ether oxygens (including phenoxy) is 3. The summed E-state index contributed by atoms with van der Waals surface area (Å²) >= 11 is 6.50. The van der Waals surface area contributed by atoms with Gasteiger partial charge in [0, 0.05) is 31.4 Å². The topological polar surface area (TPSA) is 63.3 Å². The van der Waals surface area contributed by atoms with E-state index in [9.17, 15) is 4.79 Å². The van der Waals surface area contributed by atoms with E-state index in [-0.39, 0.29) is 17.9 Å². The number of rotatable bonds is 9. The molecule has 0 spiro atoms. The Bertz CT molecular complexity index is 1120. The molecule has 4 aliphatic rings. The van der Waals surface area contributed by atoms with Gasteiger partial charge in [-0.25, -0.2) is 0 Å². The number of halogens is 1. The minimum Gasteiger partial charge on any atom is -0.489 e. The first-order valence-corrected chi connectivity index (χ1v) is 14.1. The first-order chi connectivity index (χ1) is 18.1. The molecule has 1 amide bonds. The van der Waals surface area contributed by atoms with Crippen molar-refractivity contribution in [3.8, 4) is 17.2 Å². The molecule has 0 aromatic heterocycles. The summed E-state index contributed by atoms with van der Waals surface area (Å²) in [5.74, 6) is 2.46. The number of carbonyl (C=O) groups is 1. The minimum atomic E-state index is -0.0393. The number of nitrogens with zero attached hydrogens (tertiary/aromatic N) is 2. The SMILES string of the molecule is O=C(NC(Cc1ccc2c(c1)OCCO2)CN1CCCC1)[C@@H]1CCN(c2ccc(OC3CC3)c(Cl)c2)C1. The van der Waals surface area contributed by atoms with Crippen molar-refractivity contribution in [1.29, 1.82) is 0 Å². The van der Waals surface area contributed by atoms with E-state index < -0.39 is 0 Å². The average Bonchev–Trinajstić information content (AvgIpc) is 3.34. The van der Waals surface area contributed by atoms with Crippen molar-refractivity contribution in [3.63, 3.8) is 0 Å². The molecule has 2 atom stereocenters. The molecule has 1 N–H and O–H groups in total. The number of amides is 1. The summed E-state index contributed by atoms with van der Waals surface area (Å²) in [6.07, 6.45) is 6.60. The highest BCUT2D eigenvalue weighted by Gasteiger charge is 2.31. The highest BCUT2D eigenvalue weighted by Crippen LogP contribution is 2.36. The number of nitrogens with one attached hydrogen (secondary N) is 1. The number of carbonyl (C=O) groups excluding carboxylic acids is 1. The first kappa shape index (κ1) is 24.7. The second-order valence-corrected chi connectivity index (χ2v) is 11.2. The molecule has 2 saturated heterocycles. The Morgan fingerprint density at radius 3 is 2.62 bits per heavy atom. The van der Waals surface area contributed by atoms with Crippen molar-refractivity contribution >= 4 is 23.2 Å². The van der Waals surface area contributed by atoms with E-state index >= 15 is 0 Å². The summed E-state index contributed by atoms with van der Waals surface area (Å²) < 4.78 is 17.3. The lowest BCUT2D eigenvalue weighted by atomic mass is 10.0. The maximum Gasteiger partial charge on any atom is 0.225 e. The second kappa shape index (κ2) is 11.0. The van der Waals surface area contributed by atoms with E-state index in [0.29, 0.717) is 30.9 Å². The molecule has 1 unspecified atom stereocenters. The molecule has 1 saturated carbocycles. The molecule has 0 bridgehead atoms. The Morgan fingerprint density at radius 2 is 1.84 bits per heavy atom. The number of benzene rings is 2. The van der Waals surface area contributed by atoms with Crippen molar-refractivity contribution in [1.82, 2.24) is 10.2 Å². The van der Waals surface area contributed by atoms with Crippen LogP contribution in [0.2, 0.25) is 5.02 Å². The molecule has 3 fully saturated rings. The maximum atomic E-state index is 13.4. The third-order valence-corrected chi connectivity index (χ3v) is 8.07. The van der Waals surface area contributed by atoms with Crippen LogP contribution >= 0.6 is 11.6 Å². The number of fused-ring (bicyclic) bond motifs is 1. The third-order valence-electron chi connectivity index (χ3n) is 7.77. The Kier molecular flexibility index (Phi) is 7.34. The normalized spacial score (nSPS) is 22.2. The summed E-state index contributed by atoms with van der Waals surface area (Å²) in [5, 5.41) is 4.05. The fraction of sp³-hybridized carbons (Fsp3) is 0.552. The predicted octanol–water partition coefficient (Wildman–Crippen LogP) is 4.30. The molecule has 8 heteroatoms. The van der Waals surface area contributed by atoms with Crippen LogP contribution in [0, 0.1) is 5.92 Å². The first-order valence-electron chi connectivity index (χ1n) is 13.7. The minimum absolute atomic E-state index is 0.0393. The quantitative estimate of drug-likeness (QED) is 0.526. The van der Waals surface area contributed by atoms with Gasteiger partial charge in [0.1, 0.15) is 19.0 Å². The number of hydrogen-bond donors (Lipinski definition) is 1. The lowest BCUT2D eigenvalue weighted by Crippen LogP contribution is -2.46. The zero-order valence-corrected chi connectivity index (χ0v) is 22.0. The fourth-order valence-electron chi connectivity index (χ4n) is 5.61. The van der Waals surface area contributed by atoms with Gasteiger partial charge in [0.05, 0.1) is 17.0 Å². The van der Waals surface area contributed by atoms with Gasteiger partial charge in [-0.3, -0.25) is 4.79 Å². The highest BCUT2D eigenvalue weighted by atomic mass is 35.5. The summed E-state index contributed by atoms with van der Waals surface area (Å²) in [6, 6.07) is 12.2. The van der Waals surface area contributed by atoms with Crippen LogP contribution in [0.5, 0.6) is 17.2 Å². The Labute approximate surface area is 224 Å².